The van der Waals surface area contributed by atoms with E-state index >= 15 is 0 Å². The molecule has 0 unspecified atom stereocenters. The van der Waals surface area contributed by atoms with E-state index < -0.39 is 11.7 Å². The summed E-state index contributed by atoms with van der Waals surface area (Å²) in [6.45, 7) is 3.69. The van der Waals surface area contributed by atoms with Crippen LogP contribution in [0.5, 0.6) is 0 Å². The van der Waals surface area contributed by atoms with Crippen molar-refractivity contribution in [2.45, 2.75) is 32.4 Å². The van der Waals surface area contributed by atoms with Gasteiger partial charge in [-0.25, -0.2) is 0 Å². The molecule has 1 nitrogen and oxygen atoms in total. The van der Waals surface area contributed by atoms with Crippen molar-refractivity contribution in [3.8, 4) is 0 Å². The lowest BCUT2D eigenvalue weighted by Gasteiger charge is -2.14. The molecule has 1 aromatic heterocycles. The largest absolute Gasteiger partial charge is 0.417 e. The third-order valence-electron chi connectivity index (χ3n) is 2.65. The molecule has 0 saturated heterocycles. The maximum Gasteiger partial charge on any atom is 0.417 e. The van der Waals surface area contributed by atoms with Crippen molar-refractivity contribution in [2.24, 2.45) is 0 Å². The number of rotatable bonds is 1. The van der Waals surface area contributed by atoms with Gasteiger partial charge in [-0.1, -0.05) is 26.0 Å². The second-order valence-corrected chi connectivity index (χ2v) is 4.21. The number of halogens is 3. The summed E-state index contributed by atoms with van der Waals surface area (Å²) in [6, 6.07) is 1.17. The molecule has 0 amide bonds. The average Bonchev–Trinajstić information content (AvgIpc) is 2.61. The highest BCUT2D eigenvalue weighted by Gasteiger charge is 2.35. The Hall–Kier alpha value is -1.32. The zero-order valence-corrected chi connectivity index (χ0v) is 9.10. The Bertz CT molecular complexity index is 444. The average molecular weight is 227 g/mol. The lowest BCUT2D eigenvalue weighted by atomic mass is 10.0. The summed E-state index contributed by atoms with van der Waals surface area (Å²) in [5.41, 5.74) is 0.722. The summed E-state index contributed by atoms with van der Waals surface area (Å²) in [6.07, 6.45) is -0.573. The van der Waals surface area contributed by atoms with E-state index in [0.29, 0.717) is 17.8 Å². The molecule has 0 atom stereocenters. The van der Waals surface area contributed by atoms with Crippen LogP contribution < -0.4 is 0 Å². The molecule has 0 bridgehead atoms. The van der Waals surface area contributed by atoms with Crippen LogP contribution >= 0.6 is 0 Å². The zero-order valence-electron chi connectivity index (χ0n) is 9.10. The highest BCUT2D eigenvalue weighted by atomic mass is 19.4. The number of hydrogen-bond acceptors (Lipinski definition) is 1. The van der Waals surface area contributed by atoms with Crippen LogP contribution in [0.3, 0.4) is 0 Å². The van der Waals surface area contributed by atoms with Crippen molar-refractivity contribution in [3.05, 3.63) is 34.7 Å². The Kier molecular flexibility index (Phi) is 2.52. The van der Waals surface area contributed by atoms with Crippen LogP contribution in [0, 0.1) is 0 Å². The second kappa shape index (κ2) is 3.61. The molecule has 0 saturated carbocycles. The van der Waals surface area contributed by atoms with Gasteiger partial charge in [0.25, 0.3) is 0 Å². The molecule has 4 heteroatoms. The standard InChI is InChI=1S/C12H12F3N/c1-7(2)11-6-9(12(13,14)15)8-4-3-5-10(8)16-11/h3-4,6-7H,5H2,1-2H3. The third kappa shape index (κ3) is 1.84. The van der Waals surface area contributed by atoms with Crippen LogP contribution in [-0.2, 0) is 12.6 Å². The van der Waals surface area contributed by atoms with E-state index in [2.05, 4.69) is 4.98 Å². The lowest BCUT2D eigenvalue weighted by molar-refractivity contribution is -0.137. The molecular formula is C12H12F3N. The van der Waals surface area contributed by atoms with E-state index in [9.17, 15) is 13.2 Å². The molecule has 0 spiro atoms. The van der Waals surface area contributed by atoms with Gasteiger partial charge in [0.15, 0.2) is 0 Å². The predicted octanol–water partition coefficient (Wildman–Crippen LogP) is 3.79. The van der Waals surface area contributed by atoms with Crippen LogP contribution in [0.25, 0.3) is 6.08 Å². The molecule has 1 aromatic rings. The number of aromatic nitrogens is 1. The fourth-order valence-corrected chi connectivity index (χ4v) is 1.79. The van der Waals surface area contributed by atoms with Crippen molar-refractivity contribution in [3.63, 3.8) is 0 Å². The summed E-state index contributed by atoms with van der Waals surface area (Å²) in [7, 11) is 0. The summed E-state index contributed by atoms with van der Waals surface area (Å²) in [4.78, 5) is 4.26. The fourth-order valence-electron chi connectivity index (χ4n) is 1.79. The number of pyridine rings is 1. The van der Waals surface area contributed by atoms with Gasteiger partial charge in [-0.05, 0) is 12.0 Å². The SMILES string of the molecule is CC(C)c1cc(C(F)(F)F)c2c(n1)CC=C2. The summed E-state index contributed by atoms with van der Waals surface area (Å²) in [5, 5.41) is 0. The van der Waals surface area contributed by atoms with Crippen LogP contribution in [0.2, 0.25) is 0 Å². The Morgan fingerprint density at radius 1 is 1.31 bits per heavy atom. The van der Waals surface area contributed by atoms with Crippen LogP contribution in [0.1, 0.15) is 42.3 Å². The Labute approximate surface area is 92.0 Å². The normalized spacial score (nSPS) is 14.6. The molecule has 0 aliphatic heterocycles. The maximum absolute atomic E-state index is 12.8. The monoisotopic (exact) mass is 227 g/mol. The van der Waals surface area contributed by atoms with Crippen molar-refractivity contribution < 1.29 is 13.2 Å². The van der Waals surface area contributed by atoms with Gasteiger partial charge in [-0.3, -0.25) is 4.98 Å². The quantitative estimate of drug-likeness (QED) is 0.711. The smallest absolute Gasteiger partial charge is 0.257 e. The molecule has 1 aliphatic carbocycles. The van der Waals surface area contributed by atoms with Crippen LogP contribution in [-0.4, -0.2) is 4.98 Å². The second-order valence-electron chi connectivity index (χ2n) is 4.21. The van der Waals surface area contributed by atoms with Crippen LogP contribution in [0.15, 0.2) is 12.1 Å². The van der Waals surface area contributed by atoms with Crippen molar-refractivity contribution in [1.29, 1.82) is 0 Å². The fraction of sp³-hybridized carbons (Fsp3) is 0.417. The molecule has 0 fully saturated rings. The zero-order chi connectivity index (χ0) is 11.9. The Balaban J connectivity index is 2.62. The number of alkyl halides is 3. The van der Waals surface area contributed by atoms with Crippen molar-refractivity contribution in [2.75, 3.05) is 0 Å². The molecule has 0 aromatic carbocycles. The number of hydrogen-bond donors (Lipinski definition) is 0. The van der Waals surface area contributed by atoms with E-state index in [1.165, 1.54) is 12.1 Å². The highest BCUT2D eigenvalue weighted by Crippen LogP contribution is 2.37. The summed E-state index contributed by atoms with van der Waals surface area (Å²) < 4.78 is 38.5. The number of fused-ring (bicyclic) bond motifs is 1. The van der Waals surface area contributed by atoms with E-state index in [-0.39, 0.29) is 11.5 Å². The van der Waals surface area contributed by atoms with Gasteiger partial charge < -0.3 is 0 Å². The van der Waals surface area contributed by atoms with Gasteiger partial charge in [0.05, 0.1) is 11.3 Å². The first-order valence-corrected chi connectivity index (χ1v) is 5.17. The molecule has 0 radical (unpaired) electrons. The lowest BCUT2D eigenvalue weighted by Crippen LogP contribution is -2.11. The van der Waals surface area contributed by atoms with E-state index in [4.69, 9.17) is 0 Å². The molecule has 1 heterocycles. The first-order valence-electron chi connectivity index (χ1n) is 5.17. The van der Waals surface area contributed by atoms with Gasteiger partial charge in [0.2, 0.25) is 0 Å². The van der Waals surface area contributed by atoms with E-state index in [1.54, 1.807) is 6.08 Å². The summed E-state index contributed by atoms with van der Waals surface area (Å²) in [5.74, 6) is 0.00648. The minimum Gasteiger partial charge on any atom is -0.257 e. The van der Waals surface area contributed by atoms with E-state index in [1.807, 2.05) is 13.8 Å². The first kappa shape index (κ1) is 11.2. The molecule has 86 valence electrons. The topological polar surface area (TPSA) is 12.9 Å². The molecule has 0 N–H and O–H groups in total. The Morgan fingerprint density at radius 3 is 2.56 bits per heavy atom. The van der Waals surface area contributed by atoms with Gasteiger partial charge >= 0.3 is 6.18 Å². The maximum atomic E-state index is 12.8. The molecular weight excluding hydrogens is 215 g/mol. The highest BCUT2D eigenvalue weighted by molar-refractivity contribution is 5.62. The summed E-state index contributed by atoms with van der Waals surface area (Å²) >= 11 is 0. The van der Waals surface area contributed by atoms with Gasteiger partial charge in [-0.15, -0.1) is 0 Å². The number of allylic oxidation sites excluding steroid dienone is 1. The molecule has 1 aliphatic rings. The minimum absolute atomic E-state index is 0.00648. The van der Waals surface area contributed by atoms with Gasteiger partial charge in [0, 0.05) is 17.7 Å². The molecule has 2 rings (SSSR count). The molecule has 16 heavy (non-hydrogen) atoms. The van der Waals surface area contributed by atoms with Crippen molar-refractivity contribution >= 4 is 6.08 Å². The Morgan fingerprint density at radius 2 is 2.00 bits per heavy atom. The third-order valence-corrected chi connectivity index (χ3v) is 2.65. The first-order chi connectivity index (χ1) is 7.39. The van der Waals surface area contributed by atoms with Crippen LogP contribution in [0.4, 0.5) is 13.2 Å². The number of nitrogens with zero attached hydrogens (tertiary/aromatic N) is 1. The van der Waals surface area contributed by atoms with Gasteiger partial charge in [-0.2, -0.15) is 13.2 Å². The predicted molar refractivity (Wildman–Crippen MR) is 56.1 cm³/mol. The van der Waals surface area contributed by atoms with E-state index in [0.717, 1.165) is 0 Å². The van der Waals surface area contributed by atoms with Gasteiger partial charge in [0.1, 0.15) is 0 Å². The van der Waals surface area contributed by atoms with Crippen molar-refractivity contribution in [1.82, 2.24) is 4.98 Å². The minimum atomic E-state index is -4.30.